The number of nitrogens with zero attached hydrogens (tertiary/aromatic N) is 1. The first-order valence-electron chi connectivity index (χ1n) is 6.71. The van der Waals surface area contributed by atoms with Crippen LogP contribution in [0.5, 0.6) is 0 Å². The van der Waals surface area contributed by atoms with Crippen molar-refractivity contribution in [3.63, 3.8) is 0 Å². The van der Waals surface area contributed by atoms with Crippen LogP contribution in [0.3, 0.4) is 0 Å². The number of aromatic nitrogens is 3. The molecule has 0 radical (unpaired) electrons. The standard InChI is InChI=1S/C11H22N4O2S2Si.Na.H/c1-4-16-20(3,17-5-2)8-6-7-12-9-13-10(18)15-11(19)14-9;;/h4-8H2,1-3H3,(H3,12,13,14,15,18,19);;/q;+1;-1. The summed E-state index contributed by atoms with van der Waals surface area (Å²) in [6.45, 7) is 8.25. The molecule has 10 heteroatoms. The molecule has 0 unspecified atom stereocenters. The summed E-state index contributed by atoms with van der Waals surface area (Å²) in [5, 5.41) is 3.17. The summed E-state index contributed by atoms with van der Waals surface area (Å²) in [5.41, 5.74) is 0. The van der Waals surface area contributed by atoms with Crippen LogP contribution in [0.15, 0.2) is 0 Å². The average Bonchev–Trinajstić information content (AvgIpc) is 2.34. The van der Waals surface area contributed by atoms with Crippen molar-refractivity contribution >= 4 is 38.9 Å². The van der Waals surface area contributed by atoms with Crippen LogP contribution in [0.2, 0.25) is 12.6 Å². The summed E-state index contributed by atoms with van der Waals surface area (Å²) in [6, 6.07) is 0.933. The van der Waals surface area contributed by atoms with Gasteiger partial charge < -0.3 is 25.6 Å². The SMILES string of the molecule is CCO[Si](C)(CCCNc1nc(=S)[nH]c(=S)[nH]1)OCC.[H-].[Na+]. The summed E-state index contributed by atoms with van der Waals surface area (Å²) in [5.74, 6) is 0.593. The Morgan fingerprint density at radius 2 is 1.86 bits per heavy atom. The Kier molecular flexibility index (Phi) is 11.2. The van der Waals surface area contributed by atoms with Crippen LogP contribution in [0.25, 0.3) is 0 Å². The zero-order valence-electron chi connectivity index (χ0n) is 14.1. The van der Waals surface area contributed by atoms with Crippen molar-refractivity contribution in [2.45, 2.75) is 32.9 Å². The third-order valence-corrected chi connectivity index (χ3v) is 6.12. The zero-order valence-corrected chi connectivity index (χ0v) is 17.7. The van der Waals surface area contributed by atoms with Crippen molar-refractivity contribution in [2.24, 2.45) is 0 Å². The maximum Gasteiger partial charge on any atom is 1.00 e. The molecule has 1 heterocycles. The largest absolute Gasteiger partial charge is 1.00 e. The molecule has 0 aliphatic rings. The van der Waals surface area contributed by atoms with Gasteiger partial charge in [-0.05, 0) is 57.3 Å². The van der Waals surface area contributed by atoms with Gasteiger partial charge in [0.25, 0.3) is 0 Å². The molecule has 0 atom stereocenters. The Balaban J connectivity index is 0. The van der Waals surface area contributed by atoms with Gasteiger partial charge in [0.2, 0.25) is 10.7 Å². The van der Waals surface area contributed by atoms with Crippen molar-refractivity contribution < 1.29 is 39.8 Å². The summed E-state index contributed by atoms with van der Waals surface area (Å²) >= 11 is 9.97. The number of rotatable bonds is 9. The molecule has 0 spiro atoms. The van der Waals surface area contributed by atoms with Crippen LogP contribution in [0.4, 0.5) is 5.95 Å². The number of nitrogens with one attached hydrogen (secondary N) is 3. The molecule has 0 saturated carbocycles. The van der Waals surface area contributed by atoms with E-state index in [2.05, 4.69) is 26.8 Å². The molecule has 0 fully saturated rings. The molecule has 0 aliphatic heterocycles. The normalized spacial score (nSPS) is 11.0. The van der Waals surface area contributed by atoms with Gasteiger partial charge in [-0.1, -0.05) is 0 Å². The molecule has 6 nitrogen and oxygen atoms in total. The first-order valence-corrected chi connectivity index (χ1v) is 10.1. The van der Waals surface area contributed by atoms with E-state index in [1.54, 1.807) is 0 Å². The van der Waals surface area contributed by atoms with E-state index in [9.17, 15) is 0 Å². The molecule has 116 valence electrons. The fraction of sp³-hybridized carbons (Fsp3) is 0.727. The Morgan fingerprint density at radius 3 is 2.38 bits per heavy atom. The van der Waals surface area contributed by atoms with Crippen LogP contribution in [0.1, 0.15) is 21.7 Å². The van der Waals surface area contributed by atoms with Gasteiger partial charge in [-0.3, -0.25) is 0 Å². The molecule has 0 amide bonds. The minimum Gasteiger partial charge on any atom is -1.00 e. The number of aromatic amines is 2. The van der Waals surface area contributed by atoms with Crippen LogP contribution >= 0.6 is 24.4 Å². The van der Waals surface area contributed by atoms with Crippen molar-refractivity contribution in [1.82, 2.24) is 15.0 Å². The first kappa shape index (κ1) is 21.4. The molecule has 0 aromatic carbocycles. The quantitative estimate of drug-likeness (QED) is 0.334. The molecular formula is C11H23N4NaO2S2Si. The summed E-state index contributed by atoms with van der Waals surface area (Å²) in [6.07, 6.45) is 0.941. The van der Waals surface area contributed by atoms with Gasteiger partial charge in [0, 0.05) is 19.8 Å². The van der Waals surface area contributed by atoms with E-state index < -0.39 is 8.56 Å². The molecule has 1 aromatic rings. The Morgan fingerprint density at radius 1 is 1.24 bits per heavy atom. The predicted molar refractivity (Wildman–Crippen MR) is 88.5 cm³/mol. The number of H-pyrrole nitrogens is 2. The smallest absolute Gasteiger partial charge is 1.00 e. The van der Waals surface area contributed by atoms with Gasteiger partial charge in [0.15, 0.2) is 4.77 Å². The van der Waals surface area contributed by atoms with E-state index in [1.165, 1.54) is 0 Å². The topological polar surface area (TPSA) is 75.0 Å². The molecule has 0 aliphatic carbocycles. The molecule has 1 aromatic heterocycles. The maximum absolute atomic E-state index is 5.79. The third kappa shape index (κ3) is 8.55. The van der Waals surface area contributed by atoms with E-state index in [1.807, 2.05) is 13.8 Å². The average molecular weight is 359 g/mol. The van der Waals surface area contributed by atoms with Gasteiger partial charge in [-0.25, -0.2) is 0 Å². The maximum atomic E-state index is 5.79. The second-order valence-corrected chi connectivity index (χ2v) is 8.51. The first-order chi connectivity index (χ1) is 9.49. The molecule has 1 rings (SSSR count). The zero-order chi connectivity index (χ0) is 15.0. The fourth-order valence-electron chi connectivity index (χ4n) is 1.89. The molecule has 0 saturated heterocycles. The van der Waals surface area contributed by atoms with Gasteiger partial charge >= 0.3 is 38.1 Å². The fourth-order valence-corrected chi connectivity index (χ4v) is 4.75. The van der Waals surface area contributed by atoms with Crippen LogP contribution in [0, 0.1) is 9.54 Å². The van der Waals surface area contributed by atoms with Crippen LogP contribution in [-0.2, 0) is 8.85 Å². The van der Waals surface area contributed by atoms with Crippen molar-refractivity contribution in [3.8, 4) is 0 Å². The van der Waals surface area contributed by atoms with E-state index in [0.717, 1.165) is 19.0 Å². The van der Waals surface area contributed by atoms with E-state index in [0.29, 0.717) is 28.7 Å². The summed E-state index contributed by atoms with van der Waals surface area (Å²) in [7, 11) is -2.03. The number of hydrogen-bond acceptors (Lipinski definition) is 6. The van der Waals surface area contributed by atoms with E-state index >= 15 is 0 Å². The van der Waals surface area contributed by atoms with Gasteiger partial charge in [-0.2, -0.15) is 4.98 Å². The minimum atomic E-state index is -2.03. The second kappa shape index (κ2) is 11.0. The van der Waals surface area contributed by atoms with E-state index in [4.69, 9.17) is 33.3 Å². The van der Waals surface area contributed by atoms with E-state index in [-0.39, 0.29) is 31.0 Å². The number of anilines is 1. The molecular weight excluding hydrogens is 335 g/mol. The monoisotopic (exact) mass is 358 g/mol. The van der Waals surface area contributed by atoms with Gasteiger partial charge in [0.05, 0.1) is 0 Å². The van der Waals surface area contributed by atoms with Gasteiger partial charge in [0.1, 0.15) is 0 Å². The van der Waals surface area contributed by atoms with Crippen molar-refractivity contribution in [2.75, 3.05) is 25.1 Å². The predicted octanol–water partition coefficient (Wildman–Crippen LogP) is 0.260. The third-order valence-electron chi connectivity index (χ3n) is 2.67. The molecule has 0 bridgehead atoms. The van der Waals surface area contributed by atoms with Crippen molar-refractivity contribution in [3.05, 3.63) is 9.54 Å². The Bertz CT molecular complexity index is 497. The summed E-state index contributed by atoms with van der Waals surface area (Å²) in [4.78, 5) is 9.78. The number of hydrogen-bond donors (Lipinski definition) is 3. The minimum absolute atomic E-state index is 0. The second-order valence-electron chi connectivity index (χ2n) is 4.37. The Labute approximate surface area is 160 Å². The Hall–Kier alpha value is 0.387. The van der Waals surface area contributed by atoms with Crippen LogP contribution in [-0.4, -0.2) is 43.3 Å². The van der Waals surface area contributed by atoms with Crippen molar-refractivity contribution in [1.29, 1.82) is 0 Å². The van der Waals surface area contributed by atoms with Crippen LogP contribution < -0.4 is 34.9 Å². The summed E-state index contributed by atoms with van der Waals surface area (Å²) < 4.78 is 12.4. The molecule has 21 heavy (non-hydrogen) atoms. The molecule has 3 N–H and O–H groups in total. The van der Waals surface area contributed by atoms with Gasteiger partial charge in [-0.15, -0.1) is 0 Å².